The number of thioether (sulfide) groups is 2. The third kappa shape index (κ3) is 7.07. The van der Waals surface area contributed by atoms with Crippen LogP contribution in [0.2, 0.25) is 0 Å². The van der Waals surface area contributed by atoms with E-state index in [9.17, 15) is 29.4 Å². The maximum Gasteiger partial charge on any atom is 0.340 e. The van der Waals surface area contributed by atoms with E-state index in [-0.39, 0.29) is 31.3 Å². The Balaban J connectivity index is 0.000000240. The number of benzene rings is 2. The van der Waals surface area contributed by atoms with Crippen LogP contribution < -0.4 is 10.6 Å². The van der Waals surface area contributed by atoms with Crippen molar-refractivity contribution < 1.29 is 48.9 Å². The van der Waals surface area contributed by atoms with Crippen LogP contribution in [0.5, 0.6) is 0 Å². The van der Waals surface area contributed by atoms with Crippen LogP contribution in [0.1, 0.15) is 33.6 Å². The number of nitrogens with one attached hydrogen (secondary N) is 2. The molecule has 0 spiro atoms. The van der Waals surface area contributed by atoms with Crippen LogP contribution in [-0.2, 0) is 29.1 Å². The summed E-state index contributed by atoms with van der Waals surface area (Å²) in [6.07, 6.45) is 4.07. The zero-order valence-corrected chi connectivity index (χ0v) is 23.1. The molecule has 11 heteroatoms. The van der Waals surface area contributed by atoms with Gasteiger partial charge in [0.1, 0.15) is 0 Å². The second-order valence-electron chi connectivity index (χ2n) is 7.29. The first-order chi connectivity index (χ1) is 16.3. The minimum Gasteiger partial charge on any atom is -0.479 e. The molecule has 35 heavy (non-hydrogen) atoms. The van der Waals surface area contributed by atoms with Crippen LogP contribution in [0.4, 0.5) is 0 Å². The minimum absolute atomic E-state index is 0. The molecule has 2 aromatic carbocycles. The molecule has 2 aliphatic rings. The summed E-state index contributed by atoms with van der Waals surface area (Å²) in [6, 6.07) is 17.2. The molecule has 0 saturated heterocycles. The first kappa shape index (κ1) is 28.4. The maximum atomic E-state index is 11.9. The molecular formula is C24H22N2O6S2Zn. The number of carbonyl (C=O) groups is 4. The normalized spacial score (nSPS) is 21.7. The molecule has 0 aromatic heterocycles. The fourth-order valence-corrected chi connectivity index (χ4v) is 4.83. The van der Waals surface area contributed by atoms with Crippen LogP contribution in [0, 0.1) is 0 Å². The van der Waals surface area contributed by atoms with E-state index in [1.54, 1.807) is 83.6 Å². The van der Waals surface area contributed by atoms with Crippen LogP contribution in [0.25, 0.3) is 0 Å². The Hall–Kier alpha value is -2.88. The number of carbonyl (C=O) groups excluding carboxylic acids is 2. The number of aliphatic carboxylic acids is 2. The van der Waals surface area contributed by atoms with Gasteiger partial charge in [0.15, 0.2) is 9.74 Å². The molecule has 0 radical (unpaired) electrons. The molecule has 2 aliphatic heterocycles. The Morgan fingerprint density at radius 1 is 0.657 bits per heavy atom. The number of hydrogen-bond donors (Lipinski definition) is 4. The van der Waals surface area contributed by atoms with Crippen molar-refractivity contribution in [3.05, 3.63) is 94.8 Å². The molecular weight excluding hydrogens is 542 g/mol. The Labute approximate surface area is 223 Å². The van der Waals surface area contributed by atoms with Crippen molar-refractivity contribution in [2.45, 2.75) is 22.6 Å². The standard InChI is InChI=1S/2C12H11NO3S.Zn/c2*14-10(9-5-2-1-3-6-9)13-12(11(15)16)7-4-8-17-12;/h2*1-6,8H,7H2,(H,13,14)(H,15,16);. The summed E-state index contributed by atoms with van der Waals surface area (Å²) in [5, 5.41) is 26.9. The van der Waals surface area contributed by atoms with Gasteiger partial charge in [0.05, 0.1) is 0 Å². The summed E-state index contributed by atoms with van der Waals surface area (Å²) in [6.45, 7) is 0. The zero-order chi connectivity index (χ0) is 24.6. The van der Waals surface area contributed by atoms with E-state index in [0.717, 1.165) is 23.5 Å². The molecule has 2 atom stereocenters. The molecule has 4 N–H and O–H groups in total. The molecule has 2 amide bonds. The van der Waals surface area contributed by atoms with Crippen molar-refractivity contribution in [3.8, 4) is 0 Å². The second-order valence-corrected chi connectivity index (χ2v) is 9.70. The number of carboxylic acid groups (broad SMARTS) is 2. The smallest absolute Gasteiger partial charge is 0.340 e. The van der Waals surface area contributed by atoms with E-state index in [2.05, 4.69) is 10.6 Å². The summed E-state index contributed by atoms with van der Waals surface area (Å²) in [4.78, 5) is 43.7. The number of rotatable bonds is 6. The molecule has 178 valence electrons. The predicted octanol–water partition coefficient (Wildman–Crippen LogP) is 3.69. The Kier molecular flexibility index (Phi) is 10.3. The van der Waals surface area contributed by atoms with Gasteiger partial charge in [-0.3, -0.25) is 9.59 Å². The number of hydrogen-bond acceptors (Lipinski definition) is 6. The average Bonchev–Trinajstić information content (AvgIpc) is 3.52. The molecule has 2 heterocycles. The second kappa shape index (κ2) is 12.7. The van der Waals surface area contributed by atoms with Crippen molar-refractivity contribution in [1.29, 1.82) is 0 Å². The zero-order valence-electron chi connectivity index (χ0n) is 18.5. The molecule has 8 nitrogen and oxygen atoms in total. The SMILES string of the molecule is O=C(NC1(C(=O)O)CC=CS1)c1ccccc1.O=C(NC1(C(=O)O)CC=CS1)c1ccccc1.[Zn]. The van der Waals surface area contributed by atoms with Crippen LogP contribution in [0.15, 0.2) is 83.6 Å². The summed E-state index contributed by atoms with van der Waals surface area (Å²) < 4.78 is 0. The van der Waals surface area contributed by atoms with Gasteiger partial charge in [0.25, 0.3) is 11.8 Å². The minimum atomic E-state index is -1.26. The van der Waals surface area contributed by atoms with Crippen LogP contribution in [-0.4, -0.2) is 43.7 Å². The van der Waals surface area contributed by atoms with Gasteiger partial charge in [-0.05, 0) is 35.1 Å². The van der Waals surface area contributed by atoms with Gasteiger partial charge in [0.2, 0.25) is 0 Å². The topological polar surface area (TPSA) is 133 Å². The van der Waals surface area contributed by atoms with Gasteiger partial charge in [-0.15, -0.1) is 0 Å². The molecule has 2 unspecified atom stereocenters. The van der Waals surface area contributed by atoms with Crippen LogP contribution in [0.3, 0.4) is 0 Å². The van der Waals surface area contributed by atoms with Gasteiger partial charge in [-0.25, -0.2) is 9.59 Å². The van der Waals surface area contributed by atoms with Crippen molar-refractivity contribution in [2.24, 2.45) is 0 Å². The Bertz CT molecular complexity index is 1020. The largest absolute Gasteiger partial charge is 0.479 e. The maximum absolute atomic E-state index is 11.9. The summed E-state index contributed by atoms with van der Waals surface area (Å²) in [5.74, 6) is -2.80. The summed E-state index contributed by atoms with van der Waals surface area (Å²) in [7, 11) is 0. The van der Waals surface area contributed by atoms with E-state index in [4.69, 9.17) is 0 Å². The molecule has 0 bridgehead atoms. The predicted molar refractivity (Wildman–Crippen MR) is 131 cm³/mol. The molecule has 4 rings (SSSR count). The van der Waals surface area contributed by atoms with Gasteiger partial charge in [-0.1, -0.05) is 72.1 Å². The van der Waals surface area contributed by atoms with Crippen molar-refractivity contribution in [1.82, 2.24) is 10.6 Å². The third-order valence-electron chi connectivity index (χ3n) is 4.94. The van der Waals surface area contributed by atoms with Crippen LogP contribution >= 0.6 is 23.5 Å². The van der Waals surface area contributed by atoms with Crippen molar-refractivity contribution in [3.63, 3.8) is 0 Å². The van der Waals surface area contributed by atoms with E-state index < -0.39 is 21.7 Å². The summed E-state index contributed by atoms with van der Waals surface area (Å²) in [5.41, 5.74) is 0.918. The van der Waals surface area contributed by atoms with Crippen molar-refractivity contribution >= 4 is 47.3 Å². The van der Waals surface area contributed by atoms with Crippen molar-refractivity contribution in [2.75, 3.05) is 0 Å². The molecule has 0 saturated carbocycles. The van der Waals surface area contributed by atoms with Gasteiger partial charge >= 0.3 is 11.9 Å². The third-order valence-corrected chi connectivity index (χ3v) is 7.28. The molecule has 0 aliphatic carbocycles. The average molecular weight is 564 g/mol. The number of amides is 2. The van der Waals surface area contributed by atoms with Gasteiger partial charge < -0.3 is 20.8 Å². The number of carboxylic acids is 2. The first-order valence-corrected chi connectivity index (χ1v) is 11.9. The quantitative estimate of drug-likeness (QED) is 0.391. The fraction of sp³-hybridized carbons (Fsp3) is 0.167. The Morgan fingerprint density at radius 2 is 1.00 bits per heavy atom. The first-order valence-electron chi connectivity index (χ1n) is 10.2. The fourth-order valence-electron chi connectivity index (χ4n) is 3.09. The van der Waals surface area contributed by atoms with Gasteiger partial charge in [0, 0.05) is 43.4 Å². The Morgan fingerprint density at radius 3 is 1.26 bits per heavy atom. The summed E-state index contributed by atoms with van der Waals surface area (Å²) >= 11 is 2.22. The van der Waals surface area contributed by atoms with E-state index in [1.165, 1.54) is 0 Å². The van der Waals surface area contributed by atoms with E-state index in [1.807, 2.05) is 0 Å². The van der Waals surface area contributed by atoms with Gasteiger partial charge in [-0.2, -0.15) is 0 Å². The monoisotopic (exact) mass is 562 g/mol. The molecule has 0 fully saturated rings. The van der Waals surface area contributed by atoms with E-state index in [0.29, 0.717) is 24.0 Å². The molecule has 2 aromatic rings. The van der Waals surface area contributed by atoms with E-state index >= 15 is 0 Å².